The Bertz CT molecular complexity index is 507. The predicted molar refractivity (Wildman–Crippen MR) is 66.4 cm³/mol. The summed E-state index contributed by atoms with van der Waals surface area (Å²) in [5.74, 6) is 1.48. The lowest BCUT2D eigenvalue weighted by Gasteiger charge is -1.98. The second kappa shape index (κ2) is 5.48. The van der Waals surface area contributed by atoms with E-state index in [2.05, 4.69) is 20.5 Å². The third kappa shape index (κ3) is 2.87. The zero-order valence-corrected chi connectivity index (χ0v) is 11.4. The molecule has 0 radical (unpaired) electrons. The highest BCUT2D eigenvalue weighted by Gasteiger charge is 2.13. The maximum Gasteiger partial charge on any atom is 0.248 e. The molecule has 1 unspecified atom stereocenters. The fourth-order valence-electron chi connectivity index (χ4n) is 1.45. The Balaban J connectivity index is 2.06. The molecule has 98 valence electrons. The molecule has 0 aromatic carbocycles. The molecule has 0 saturated heterocycles. The van der Waals surface area contributed by atoms with Crippen molar-refractivity contribution >= 4 is 11.6 Å². The van der Waals surface area contributed by atoms with Gasteiger partial charge in [0.2, 0.25) is 5.89 Å². The molecule has 2 heterocycles. The van der Waals surface area contributed by atoms with Crippen LogP contribution in [0.1, 0.15) is 55.9 Å². The fraction of sp³-hybridized carbons (Fsp3) is 0.636. The van der Waals surface area contributed by atoms with E-state index in [0.717, 1.165) is 12.1 Å². The van der Waals surface area contributed by atoms with Crippen LogP contribution < -0.4 is 0 Å². The van der Waals surface area contributed by atoms with Gasteiger partial charge in [-0.25, -0.2) is 4.68 Å². The first-order chi connectivity index (χ1) is 8.60. The lowest BCUT2D eigenvalue weighted by Crippen LogP contribution is -2.01. The monoisotopic (exact) mass is 269 g/mol. The van der Waals surface area contributed by atoms with Crippen molar-refractivity contribution in [2.75, 3.05) is 0 Å². The molecule has 0 fully saturated rings. The van der Waals surface area contributed by atoms with Gasteiger partial charge in [0.05, 0.1) is 11.6 Å². The minimum Gasteiger partial charge on any atom is -0.337 e. The van der Waals surface area contributed by atoms with Gasteiger partial charge in [-0.3, -0.25) is 0 Å². The van der Waals surface area contributed by atoms with Gasteiger partial charge in [0, 0.05) is 5.92 Å². The molecule has 2 aromatic heterocycles. The Morgan fingerprint density at radius 3 is 2.83 bits per heavy atom. The minimum atomic E-state index is -0.104. The third-order valence-electron chi connectivity index (χ3n) is 2.53. The Kier molecular flexibility index (Phi) is 3.96. The molecule has 0 bridgehead atoms. The molecule has 0 aliphatic rings. The summed E-state index contributed by atoms with van der Waals surface area (Å²) in [6, 6.07) is 0. The van der Waals surface area contributed by atoms with Crippen molar-refractivity contribution in [3.63, 3.8) is 0 Å². The summed E-state index contributed by atoms with van der Waals surface area (Å²) in [6.45, 7) is 6.45. The molecule has 7 heteroatoms. The number of hydrogen-bond donors (Lipinski definition) is 0. The largest absolute Gasteiger partial charge is 0.337 e. The molecule has 0 aliphatic heterocycles. The lowest BCUT2D eigenvalue weighted by molar-refractivity contribution is 0.358. The van der Waals surface area contributed by atoms with Gasteiger partial charge in [-0.1, -0.05) is 31.1 Å². The zero-order valence-electron chi connectivity index (χ0n) is 10.7. The summed E-state index contributed by atoms with van der Waals surface area (Å²) in [4.78, 5) is 4.28. The number of aromatic nitrogens is 5. The quantitative estimate of drug-likeness (QED) is 0.780. The van der Waals surface area contributed by atoms with Crippen molar-refractivity contribution in [2.45, 2.75) is 45.0 Å². The molecular weight excluding hydrogens is 254 g/mol. The van der Waals surface area contributed by atoms with Crippen molar-refractivity contribution in [1.29, 1.82) is 0 Å². The van der Waals surface area contributed by atoms with Crippen LogP contribution in [0.3, 0.4) is 0 Å². The van der Waals surface area contributed by atoms with Gasteiger partial charge in [0.1, 0.15) is 12.2 Å². The van der Waals surface area contributed by atoms with Crippen molar-refractivity contribution < 1.29 is 4.52 Å². The number of hydrogen-bond acceptors (Lipinski definition) is 5. The minimum absolute atomic E-state index is 0.104. The number of alkyl halides is 1. The van der Waals surface area contributed by atoms with E-state index in [1.54, 1.807) is 10.9 Å². The van der Waals surface area contributed by atoms with Crippen LogP contribution >= 0.6 is 11.6 Å². The first-order valence-electron chi connectivity index (χ1n) is 5.96. The van der Waals surface area contributed by atoms with E-state index < -0.39 is 0 Å². The van der Waals surface area contributed by atoms with Gasteiger partial charge < -0.3 is 4.52 Å². The second-order valence-electron chi connectivity index (χ2n) is 4.42. The number of halogens is 1. The first-order valence-corrected chi connectivity index (χ1v) is 6.40. The highest BCUT2D eigenvalue weighted by molar-refractivity contribution is 6.20. The summed E-state index contributed by atoms with van der Waals surface area (Å²) in [6.07, 6.45) is 2.62. The first kappa shape index (κ1) is 13.0. The maximum absolute atomic E-state index is 6.09. The van der Waals surface area contributed by atoms with E-state index in [9.17, 15) is 0 Å². The van der Waals surface area contributed by atoms with E-state index in [-0.39, 0.29) is 11.3 Å². The van der Waals surface area contributed by atoms with Crippen LogP contribution in [0.2, 0.25) is 0 Å². The highest BCUT2D eigenvalue weighted by atomic mass is 35.5. The smallest absolute Gasteiger partial charge is 0.248 e. The fourth-order valence-corrected chi connectivity index (χ4v) is 1.55. The van der Waals surface area contributed by atoms with E-state index in [1.807, 2.05) is 20.8 Å². The Labute approximate surface area is 110 Å². The second-order valence-corrected chi connectivity index (χ2v) is 4.94. The molecule has 2 aromatic rings. The normalized spacial score (nSPS) is 13.2. The molecule has 0 amide bonds. The molecule has 2 rings (SSSR count). The SMILES string of the molecule is CCC(Cl)c1cn(Cc2nc(C(C)C)no2)nn1. The molecule has 0 saturated carbocycles. The number of rotatable bonds is 5. The number of nitrogens with zero attached hydrogens (tertiary/aromatic N) is 5. The van der Waals surface area contributed by atoms with E-state index in [1.165, 1.54) is 0 Å². The molecule has 1 atom stereocenters. The summed E-state index contributed by atoms with van der Waals surface area (Å²) in [5, 5.41) is 11.8. The summed E-state index contributed by atoms with van der Waals surface area (Å²) in [7, 11) is 0. The lowest BCUT2D eigenvalue weighted by atomic mass is 10.2. The van der Waals surface area contributed by atoms with Crippen LogP contribution in [0, 0.1) is 0 Å². The topological polar surface area (TPSA) is 69.6 Å². The van der Waals surface area contributed by atoms with Gasteiger partial charge >= 0.3 is 0 Å². The van der Waals surface area contributed by atoms with Gasteiger partial charge in [-0.2, -0.15) is 4.98 Å². The zero-order chi connectivity index (χ0) is 13.1. The van der Waals surface area contributed by atoms with E-state index >= 15 is 0 Å². The van der Waals surface area contributed by atoms with Crippen LogP contribution in [-0.2, 0) is 6.54 Å². The van der Waals surface area contributed by atoms with Gasteiger partial charge in [-0.05, 0) is 6.42 Å². The van der Waals surface area contributed by atoms with Crippen LogP contribution in [0.5, 0.6) is 0 Å². The summed E-state index contributed by atoms with van der Waals surface area (Å²) < 4.78 is 6.79. The average molecular weight is 270 g/mol. The van der Waals surface area contributed by atoms with E-state index in [0.29, 0.717) is 18.3 Å². The predicted octanol–water partition coefficient (Wildman–Crippen LogP) is 2.52. The summed E-state index contributed by atoms with van der Waals surface area (Å²) >= 11 is 6.09. The molecule has 0 N–H and O–H groups in total. The Morgan fingerprint density at radius 2 is 2.22 bits per heavy atom. The molecule has 0 spiro atoms. The molecule has 18 heavy (non-hydrogen) atoms. The van der Waals surface area contributed by atoms with Crippen molar-refractivity contribution in [1.82, 2.24) is 25.1 Å². The average Bonchev–Trinajstić information content (AvgIpc) is 2.98. The Morgan fingerprint density at radius 1 is 1.44 bits per heavy atom. The van der Waals surface area contributed by atoms with Crippen LogP contribution in [0.15, 0.2) is 10.7 Å². The Hall–Kier alpha value is -1.43. The highest BCUT2D eigenvalue weighted by Crippen LogP contribution is 2.20. The van der Waals surface area contributed by atoms with Gasteiger partial charge in [-0.15, -0.1) is 16.7 Å². The van der Waals surface area contributed by atoms with Gasteiger partial charge in [0.25, 0.3) is 0 Å². The third-order valence-corrected chi connectivity index (χ3v) is 3.07. The standard InChI is InChI=1S/C11H16ClN5O/c1-4-8(12)9-5-17(16-14-9)6-10-13-11(7(2)3)15-18-10/h5,7-8H,4,6H2,1-3H3. The van der Waals surface area contributed by atoms with Crippen LogP contribution in [0.25, 0.3) is 0 Å². The van der Waals surface area contributed by atoms with Crippen molar-refractivity contribution in [2.24, 2.45) is 0 Å². The van der Waals surface area contributed by atoms with Crippen LogP contribution in [-0.4, -0.2) is 25.1 Å². The van der Waals surface area contributed by atoms with Crippen molar-refractivity contribution in [3.05, 3.63) is 23.6 Å². The molecular formula is C11H16ClN5O. The molecule has 0 aliphatic carbocycles. The van der Waals surface area contributed by atoms with E-state index in [4.69, 9.17) is 16.1 Å². The van der Waals surface area contributed by atoms with Crippen LogP contribution in [0.4, 0.5) is 0 Å². The maximum atomic E-state index is 6.09. The van der Waals surface area contributed by atoms with Crippen molar-refractivity contribution in [3.8, 4) is 0 Å². The summed E-state index contributed by atoms with van der Waals surface area (Å²) in [5.41, 5.74) is 0.766. The van der Waals surface area contributed by atoms with Gasteiger partial charge in [0.15, 0.2) is 5.82 Å². The molecule has 6 nitrogen and oxygen atoms in total.